The molecule has 0 saturated carbocycles. The van der Waals surface area contributed by atoms with E-state index in [-0.39, 0.29) is 21.9 Å². The first-order valence-electron chi connectivity index (χ1n) is 7.38. The minimum absolute atomic E-state index is 0.0124. The van der Waals surface area contributed by atoms with E-state index in [1.54, 1.807) is 30.3 Å². The third-order valence-electron chi connectivity index (χ3n) is 4.30. The highest BCUT2D eigenvalue weighted by molar-refractivity contribution is 7.89. The molecule has 2 aromatic rings. The van der Waals surface area contributed by atoms with Crippen molar-refractivity contribution in [2.24, 2.45) is 0 Å². The summed E-state index contributed by atoms with van der Waals surface area (Å²) in [6.45, 7) is 3.80. The number of fused-ring (bicyclic) bond motifs is 1. The Balaban J connectivity index is 2.23. The quantitative estimate of drug-likeness (QED) is 0.851. The minimum Gasteiger partial charge on any atom is -0.505 e. The zero-order valence-corrected chi connectivity index (χ0v) is 14.4. The molecule has 3 rings (SSSR count). The molecule has 0 bridgehead atoms. The third-order valence-corrected chi connectivity index (χ3v) is 6.12. The van der Waals surface area contributed by atoms with Crippen LogP contribution in [0, 0.1) is 13.8 Å². The van der Waals surface area contributed by atoms with Crippen molar-refractivity contribution in [3.05, 3.63) is 70.4 Å². The number of benzene rings is 2. The number of aryl methyl sites for hydroxylation is 2. The van der Waals surface area contributed by atoms with Crippen LogP contribution in [0.1, 0.15) is 27.0 Å². The zero-order chi connectivity index (χ0) is 17.6. The lowest BCUT2D eigenvalue weighted by atomic mass is 10.0. The van der Waals surface area contributed by atoms with Crippen LogP contribution >= 0.6 is 0 Å². The van der Waals surface area contributed by atoms with E-state index in [0.717, 1.165) is 15.4 Å². The lowest BCUT2D eigenvalue weighted by Crippen LogP contribution is -2.35. The number of hydrogen-bond acceptors (Lipinski definition) is 4. The van der Waals surface area contributed by atoms with Gasteiger partial charge in [0.15, 0.2) is 5.76 Å². The van der Waals surface area contributed by atoms with Gasteiger partial charge in [-0.25, -0.2) is 8.42 Å². The third kappa shape index (κ3) is 2.30. The number of sulfonamides is 1. The number of aliphatic hydroxyl groups is 1. The second-order valence-corrected chi connectivity index (χ2v) is 7.73. The highest BCUT2D eigenvalue weighted by Gasteiger charge is 2.37. The summed E-state index contributed by atoms with van der Waals surface area (Å²) >= 11 is 0. The second-order valence-electron chi connectivity index (χ2n) is 5.79. The summed E-state index contributed by atoms with van der Waals surface area (Å²) in [5.41, 5.74) is 2.18. The Morgan fingerprint density at radius 1 is 1.04 bits per heavy atom. The van der Waals surface area contributed by atoms with Crippen molar-refractivity contribution in [2.75, 3.05) is 7.05 Å². The zero-order valence-electron chi connectivity index (χ0n) is 13.6. The van der Waals surface area contributed by atoms with Gasteiger partial charge in [0.1, 0.15) is 5.70 Å². The number of Topliss-reactive ketones (excluding diaryl/α,β-unsaturated/α-hetero) is 1. The number of aliphatic hydroxyl groups excluding tert-OH is 1. The minimum atomic E-state index is -3.88. The number of nitrogens with zero attached hydrogens (tertiary/aromatic N) is 1. The molecule has 0 amide bonds. The van der Waals surface area contributed by atoms with E-state index in [1.807, 2.05) is 13.8 Å². The molecule has 0 radical (unpaired) electrons. The molecule has 2 aromatic carbocycles. The summed E-state index contributed by atoms with van der Waals surface area (Å²) < 4.78 is 26.1. The normalized spacial score (nSPS) is 16.0. The van der Waals surface area contributed by atoms with Crippen molar-refractivity contribution in [1.29, 1.82) is 0 Å². The monoisotopic (exact) mass is 343 g/mol. The molecule has 24 heavy (non-hydrogen) atoms. The molecular weight excluding hydrogens is 326 g/mol. The Bertz CT molecular complexity index is 990. The molecule has 1 N–H and O–H groups in total. The Morgan fingerprint density at radius 3 is 2.38 bits per heavy atom. The number of carbonyl (C=O) groups excluding carboxylic acids is 1. The van der Waals surface area contributed by atoms with Crippen LogP contribution in [-0.2, 0) is 10.0 Å². The summed E-state index contributed by atoms with van der Waals surface area (Å²) in [7, 11) is -2.61. The molecule has 6 heteroatoms. The second kappa shape index (κ2) is 5.49. The SMILES string of the molecule is Cc1ccc(C(=O)C2=C(O)c3ccccc3S(=O)(=O)N2C)cc1C. The Hall–Kier alpha value is -2.60. The Labute approximate surface area is 140 Å². The highest BCUT2D eigenvalue weighted by Crippen LogP contribution is 2.35. The van der Waals surface area contributed by atoms with Gasteiger partial charge in [0.2, 0.25) is 5.78 Å². The molecule has 0 unspecified atom stereocenters. The maximum Gasteiger partial charge on any atom is 0.265 e. The summed E-state index contributed by atoms with van der Waals surface area (Å²) in [5.74, 6) is -0.859. The van der Waals surface area contributed by atoms with Crippen LogP contribution in [0.25, 0.3) is 5.76 Å². The molecule has 0 fully saturated rings. The predicted octanol–water partition coefficient (Wildman–Crippen LogP) is 3.05. The number of ketones is 1. The Kier molecular flexibility index (Phi) is 3.72. The molecule has 0 saturated heterocycles. The molecular formula is C18H17NO4S. The lowest BCUT2D eigenvalue weighted by molar-refractivity contribution is 0.101. The van der Waals surface area contributed by atoms with E-state index in [4.69, 9.17) is 0 Å². The number of carbonyl (C=O) groups is 1. The summed E-state index contributed by atoms with van der Waals surface area (Å²) in [6.07, 6.45) is 0. The van der Waals surface area contributed by atoms with Gasteiger partial charge in [0.25, 0.3) is 10.0 Å². The van der Waals surface area contributed by atoms with Gasteiger partial charge >= 0.3 is 0 Å². The molecule has 1 heterocycles. The molecule has 0 aliphatic carbocycles. The van der Waals surface area contributed by atoms with Gasteiger partial charge in [-0.15, -0.1) is 0 Å². The fourth-order valence-corrected chi connectivity index (χ4v) is 4.10. The first-order valence-corrected chi connectivity index (χ1v) is 8.82. The first kappa shape index (κ1) is 16.3. The van der Waals surface area contributed by atoms with Gasteiger partial charge in [-0.05, 0) is 43.2 Å². The van der Waals surface area contributed by atoms with E-state index < -0.39 is 15.8 Å². The first-order chi connectivity index (χ1) is 11.2. The van der Waals surface area contributed by atoms with Gasteiger partial charge in [0, 0.05) is 18.2 Å². The highest BCUT2D eigenvalue weighted by atomic mass is 32.2. The van der Waals surface area contributed by atoms with Gasteiger partial charge in [-0.2, -0.15) is 0 Å². The van der Waals surface area contributed by atoms with Crippen LogP contribution in [0.4, 0.5) is 0 Å². The van der Waals surface area contributed by atoms with E-state index in [2.05, 4.69) is 0 Å². The van der Waals surface area contributed by atoms with Crippen molar-refractivity contribution in [3.63, 3.8) is 0 Å². The van der Waals surface area contributed by atoms with Crippen molar-refractivity contribution in [3.8, 4) is 0 Å². The smallest absolute Gasteiger partial charge is 0.265 e. The van der Waals surface area contributed by atoms with Crippen molar-refractivity contribution in [1.82, 2.24) is 4.31 Å². The van der Waals surface area contributed by atoms with Crippen molar-refractivity contribution in [2.45, 2.75) is 18.7 Å². The van der Waals surface area contributed by atoms with Crippen LogP contribution in [0.15, 0.2) is 53.1 Å². The molecule has 0 spiro atoms. The topological polar surface area (TPSA) is 74.7 Å². The molecule has 1 aliphatic rings. The molecule has 0 atom stereocenters. The van der Waals surface area contributed by atoms with Gasteiger partial charge < -0.3 is 5.11 Å². The van der Waals surface area contributed by atoms with E-state index in [1.165, 1.54) is 19.2 Å². The van der Waals surface area contributed by atoms with Crippen LogP contribution in [0.5, 0.6) is 0 Å². The fourth-order valence-electron chi connectivity index (χ4n) is 2.70. The van der Waals surface area contributed by atoms with Crippen LogP contribution in [0.2, 0.25) is 0 Å². The van der Waals surface area contributed by atoms with Crippen molar-refractivity contribution < 1.29 is 18.3 Å². The van der Waals surface area contributed by atoms with Crippen LogP contribution < -0.4 is 0 Å². The average Bonchev–Trinajstić information content (AvgIpc) is 2.56. The standard InChI is InChI=1S/C18H17NO4S/c1-11-8-9-13(10-12(11)2)17(20)16-18(21)14-6-4-5-7-15(14)24(22,23)19(16)3/h4-10,21H,1-3H3. The van der Waals surface area contributed by atoms with Crippen LogP contribution in [0.3, 0.4) is 0 Å². The number of hydrogen-bond donors (Lipinski definition) is 1. The largest absolute Gasteiger partial charge is 0.505 e. The number of allylic oxidation sites excluding steroid dienone is 1. The van der Waals surface area contributed by atoms with E-state index >= 15 is 0 Å². The Morgan fingerprint density at radius 2 is 1.71 bits per heavy atom. The lowest BCUT2D eigenvalue weighted by Gasteiger charge is -2.28. The molecule has 5 nitrogen and oxygen atoms in total. The van der Waals surface area contributed by atoms with E-state index in [0.29, 0.717) is 5.56 Å². The summed E-state index contributed by atoms with van der Waals surface area (Å²) in [6, 6.07) is 11.2. The molecule has 124 valence electrons. The maximum atomic E-state index is 12.9. The molecule has 0 aromatic heterocycles. The average molecular weight is 343 g/mol. The summed E-state index contributed by atoms with van der Waals surface area (Å²) in [4.78, 5) is 12.8. The maximum absolute atomic E-state index is 12.9. The van der Waals surface area contributed by atoms with Gasteiger partial charge in [-0.3, -0.25) is 9.10 Å². The van der Waals surface area contributed by atoms with Gasteiger partial charge in [0.05, 0.1) is 4.90 Å². The van der Waals surface area contributed by atoms with Crippen molar-refractivity contribution >= 4 is 21.6 Å². The predicted molar refractivity (Wildman–Crippen MR) is 91.2 cm³/mol. The number of rotatable bonds is 2. The van der Waals surface area contributed by atoms with Crippen LogP contribution in [-0.4, -0.2) is 30.7 Å². The summed E-state index contributed by atoms with van der Waals surface area (Å²) in [5, 5.41) is 10.5. The fraction of sp³-hybridized carbons (Fsp3) is 0.167. The number of likely N-dealkylation sites (N-methyl/N-ethyl adjacent to an activating group) is 1. The van der Waals surface area contributed by atoms with Gasteiger partial charge in [-0.1, -0.05) is 24.3 Å². The molecule has 1 aliphatic heterocycles. The van der Waals surface area contributed by atoms with E-state index in [9.17, 15) is 18.3 Å².